The summed E-state index contributed by atoms with van der Waals surface area (Å²) in [7, 11) is 0. The zero-order chi connectivity index (χ0) is 11.1. The van der Waals surface area contributed by atoms with Crippen molar-refractivity contribution in [3.63, 3.8) is 0 Å². The fourth-order valence-corrected chi connectivity index (χ4v) is 3.58. The first-order valence-electron chi connectivity index (χ1n) is 6.31. The van der Waals surface area contributed by atoms with Crippen LogP contribution in [0.1, 0.15) is 31.2 Å². The number of rotatable bonds is 2. The Labute approximate surface area is 96.9 Å². The number of likely N-dealkylation sites (tertiary alicyclic amines) is 1. The number of nitrogens with zero attached hydrogens (tertiary/aromatic N) is 1. The summed E-state index contributed by atoms with van der Waals surface area (Å²) < 4.78 is 0. The van der Waals surface area contributed by atoms with Crippen molar-refractivity contribution in [2.45, 2.75) is 31.7 Å². The van der Waals surface area contributed by atoms with Crippen LogP contribution in [0, 0.1) is 5.92 Å². The Kier molecular flexibility index (Phi) is 2.40. The highest BCUT2D eigenvalue weighted by molar-refractivity contribution is 5.31. The number of hydrogen-bond donors (Lipinski definition) is 1. The van der Waals surface area contributed by atoms with Crippen LogP contribution in [-0.4, -0.2) is 29.1 Å². The predicted octanol–water partition coefficient (Wildman–Crippen LogP) is 2.59. The first-order chi connectivity index (χ1) is 7.78. The van der Waals surface area contributed by atoms with Crippen molar-refractivity contribution in [1.29, 1.82) is 0 Å². The third-order valence-electron chi connectivity index (χ3n) is 4.32. The van der Waals surface area contributed by atoms with Gasteiger partial charge in [0.15, 0.2) is 0 Å². The normalized spacial score (nSPS) is 33.4. The molecule has 1 aliphatic carbocycles. The minimum atomic E-state index is 0.374. The number of fused-ring (bicyclic) bond motifs is 2. The zero-order valence-corrected chi connectivity index (χ0v) is 9.76. The second kappa shape index (κ2) is 3.77. The zero-order valence-electron chi connectivity index (χ0n) is 9.76. The van der Waals surface area contributed by atoms with Crippen LogP contribution in [0.2, 0.25) is 0 Å². The minimum absolute atomic E-state index is 0.374. The van der Waals surface area contributed by atoms with E-state index >= 15 is 0 Å². The molecule has 3 atom stereocenters. The molecule has 1 aromatic rings. The molecular formula is C14H19NO. The van der Waals surface area contributed by atoms with Gasteiger partial charge in [-0.25, -0.2) is 0 Å². The van der Waals surface area contributed by atoms with Gasteiger partial charge in [-0.2, -0.15) is 0 Å². The van der Waals surface area contributed by atoms with Gasteiger partial charge in [-0.1, -0.05) is 19.1 Å². The van der Waals surface area contributed by atoms with Crippen molar-refractivity contribution >= 4 is 0 Å². The van der Waals surface area contributed by atoms with Gasteiger partial charge in [-0.3, -0.25) is 4.90 Å². The van der Waals surface area contributed by atoms with Crippen molar-refractivity contribution in [2.24, 2.45) is 5.92 Å². The molecular weight excluding hydrogens is 198 g/mol. The number of likely N-dealkylation sites (N-methyl/N-ethyl adjacent to an activating group) is 1. The molecule has 1 saturated heterocycles. The Balaban J connectivity index is 1.84. The Morgan fingerprint density at radius 1 is 1.25 bits per heavy atom. The highest BCUT2D eigenvalue weighted by Crippen LogP contribution is 2.46. The van der Waals surface area contributed by atoms with E-state index in [2.05, 4.69) is 24.0 Å². The molecule has 2 nitrogen and oxygen atoms in total. The molecule has 1 saturated carbocycles. The van der Waals surface area contributed by atoms with Gasteiger partial charge in [0.1, 0.15) is 5.75 Å². The lowest BCUT2D eigenvalue weighted by Crippen LogP contribution is -2.36. The van der Waals surface area contributed by atoms with Crippen LogP contribution >= 0.6 is 0 Å². The average Bonchev–Trinajstić information content (AvgIpc) is 2.89. The van der Waals surface area contributed by atoms with E-state index in [0.29, 0.717) is 11.7 Å². The topological polar surface area (TPSA) is 23.5 Å². The maximum absolute atomic E-state index is 9.32. The number of phenols is 1. The summed E-state index contributed by atoms with van der Waals surface area (Å²) in [6.07, 6.45) is 2.71. The smallest absolute Gasteiger partial charge is 0.115 e. The second-order valence-corrected chi connectivity index (χ2v) is 5.19. The fourth-order valence-electron chi connectivity index (χ4n) is 3.58. The summed E-state index contributed by atoms with van der Waals surface area (Å²) >= 11 is 0. The fraction of sp³-hybridized carbons (Fsp3) is 0.571. The first kappa shape index (κ1) is 10.2. The predicted molar refractivity (Wildman–Crippen MR) is 64.6 cm³/mol. The summed E-state index contributed by atoms with van der Waals surface area (Å²) in [5.74, 6) is 1.97. The Morgan fingerprint density at radius 3 is 2.62 bits per heavy atom. The molecule has 1 aliphatic heterocycles. The molecule has 2 aliphatic rings. The van der Waals surface area contributed by atoms with Gasteiger partial charge in [0, 0.05) is 12.6 Å². The van der Waals surface area contributed by atoms with Crippen LogP contribution in [0.15, 0.2) is 24.3 Å². The summed E-state index contributed by atoms with van der Waals surface area (Å²) in [5, 5.41) is 9.32. The molecule has 1 heterocycles. The molecule has 0 radical (unpaired) electrons. The quantitative estimate of drug-likeness (QED) is 0.823. The Bertz CT molecular complexity index is 373. The van der Waals surface area contributed by atoms with E-state index in [1.54, 1.807) is 0 Å². The van der Waals surface area contributed by atoms with Gasteiger partial charge < -0.3 is 5.11 Å². The number of phenolic OH excluding ortho intramolecular Hbond substituents is 1. The molecule has 0 amide bonds. The number of piperidine rings is 1. The van der Waals surface area contributed by atoms with Gasteiger partial charge in [-0.15, -0.1) is 0 Å². The van der Waals surface area contributed by atoms with E-state index in [1.165, 1.54) is 31.5 Å². The molecule has 2 heteroatoms. The van der Waals surface area contributed by atoms with Gasteiger partial charge in [0.05, 0.1) is 0 Å². The maximum Gasteiger partial charge on any atom is 0.115 e. The van der Waals surface area contributed by atoms with E-state index in [4.69, 9.17) is 0 Å². The van der Waals surface area contributed by atoms with Crippen molar-refractivity contribution in [3.8, 4) is 5.75 Å². The third kappa shape index (κ3) is 1.52. The van der Waals surface area contributed by atoms with Crippen molar-refractivity contribution in [3.05, 3.63) is 29.8 Å². The van der Waals surface area contributed by atoms with E-state index in [1.807, 2.05) is 12.1 Å². The molecule has 0 aromatic heterocycles. The highest BCUT2D eigenvalue weighted by Gasteiger charge is 2.44. The van der Waals surface area contributed by atoms with E-state index in [-0.39, 0.29) is 0 Å². The van der Waals surface area contributed by atoms with Crippen LogP contribution in [0.5, 0.6) is 5.75 Å². The lowest BCUT2D eigenvalue weighted by atomic mass is 9.90. The number of benzene rings is 1. The van der Waals surface area contributed by atoms with Crippen molar-refractivity contribution < 1.29 is 5.11 Å². The van der Waals surface area contributed by atoms with Crippen LogP contribution in [0.3, 0.4) is 0 Å². The van der Waals surface area contributed by atoms with E-state index in [0.717, 1.165) is 12.0 Å². The molecule has 1 N–H and O–H groups in total. The maximum atomic E-state index is 9.32. The van der Waals surface area contributed by atoms with Crippen molar-refractivity contribution in [2.75, 3.05) is 13.1 Å². The molecule has 3 rings (SSSR count). The van der Waals surface area contributed by atoms with E-state index < -0.39 is 0 Å². The largest absolute Gasteiger partial charge is 0.508 e. The molecule has 86 valence electrons. The summed E-state index contributed by atoms with van der Waals surface area (Å²) in [6, 6.07) is 8.57. The summed E-state index contributed by atoms with van der Waals surface area (Å²) in [5.41, 5.74) is 1.41. The molecule has 1 aromatic carbocycles. The average molecular weight is 217 g/mol. The highest BCUT2D eigenvalue weighted by atomic mass is 16.3. The summed E-state index contributed by atoms with van der Waals surface area (Å²) in [4.78, 5) is 2.62. The summed E-state index contributed by atoms with van der Waals surface area (Å²) in [6.45, 7) is 4.74. The van der Waals surface area contributed by atoms with Gasteiger partial charge in [0.25, 0.3) is 0 Å². The molecule has 2 bridgehead atoms. The molecule has 0 spiro atoms. The third-order valence-corrected chi connectivity index (χ3v) is 4.32. The SMILES string of the molecule is CCN1CC2CC(c3ccc(O)cc3)C1C2. The van der Waals surface area contributed by atoms with Gasteiger partial charge in [0.2, 0.25) is 0 Å². The number of aromatic hydroxyl groups is 1. The second-order valence-electron chi connectivity index (χ2n) is 5.19. The van der Waals surface area contributed by atoms with E-state index in [9.17, 15) is 5.11 Å². The Hall–Kier alpha value is -1.02. The van der Waals surface area contributed by atoms with Gasteiger partial charge >= 0.3 is 0 Å². The standard InChI is InChI=1S/C14H19NO/c1-2-15-9-10-7-13(14(15)8-10)11-3-5-12(16)6-4-11/h3-6,10,13-14,16H,2,7-9H2,1H3. The molecule has 2 fully saturated rings. The first-order valence-corrected chi connectivity index (χ1v) is 6.31. The minimum Gasteiger partial charge on any atom is -0.508 e. The van der Waals surface area contributed by atoms with Gasteiger partial charge in [-0.05, 0) is 48.9 Å². The number of hydrogen-bond acceptors (Lipinski definition) is 2. The molecule has 3 unspecified atom stereocenters. The lowest BCUT2D eigenvalue weighted by Gasteiger charge is -2.32. The molecule has 16 heavy (non-hydrogen) atoms. The van der Waals surface area contributed by atoms with Crippen LogP contribution in [0.4, 0.5) is 0 Å². The monoisotopic (exact) mass is 217 g/mol. The van der Waals surface area contributed by atoms with Crippen LogP contribution in [0.25, 0.3) is 0 Å². The van der Waals surface area contributed by atoms with Crippen LogP contribution < -0.4 is 0 Å². The Morgan fingerprint density at radius 2 is 2.00 bits per heavy atom. The van der Waals surface area contributed by atoms with Crippen LogP contribution in [-0.2, 0) is 0 Å². The lowest BCUT2D eigenvalue weighted by molar-refractivity contribution is 0.201. The van der Waals surface area contributed by atoms with Crippen molar-refractivity contribution in [1.82, 2.24) is 4.90 Å².